The summed E-state index contributed by atoms with van der Waals surface area (Å²) in [6.07, 6.45) is 0. The molecule has 2 aliphatic heterocycles. The quantitative estimate of drug-likeness (QED) is 0.429. The van der Waals surface area contributed by atoms with E-state index in [1.807, 2.05) is 47.4 Å². The maximum atomic E-state index is 14.2. The first-order valence-corrected chi connectivity index (χ1v) is 14.1. The molecule has 0 bridgehead atoms. The lowest BCUT2D eigenvalue weighted by Gasteiger charge is -2.37. The molecule has 2 heterocycles. The van der Waals surface area contributed by atoms with Crippen molar-refractivity contribution in [2.75, 3.05) is 51.8 Å². The number of halogens is 1. The van der Waals surface area contributed by atoms with E-state index >= 15 is 0 Å². The molecule has 0 aliphatic carbocycles. The lowest BCUT2D eigenvalue weighted by molar-refractivity contribution is -0.110. The lowest BCUT2D eigenvalue weighted by atomic mass is 10.0. The van der Waals surface area contributed by atoms with Gasteiger partial charge in [-0.2, -0.15) is 9.37 Å². The summed E-state index contributed by atoms with van der Waals surface area (Å²) in [6.45, 7) is 1.81. The first-order chi connectivity index (χ1) is 18.4. The Kier molecular flexibility index (Phi) is 7.85. The van der Waals surface area contributed by atoms with Crippen LogP contribution < -0.4 is 14.4 Å². The summed E-state index contributed by atoms with van der Waals surface area (Å²) in [7, 11) is -0.409. The minimum atomic E-state index is -3.71. The van der Waals surface area contributed by atoms with Crippen molar-refractivity contribution < 1.29 is 27.1 Å². The van der Waals surface area contributed by atoms with E-state index in [9.17, 15) is 12.8 Å². The Labute approximate surface area is 223 Å². The molecule has 2 fully saturated rings. The van der Waals surface area contributed by atoms with E-state index in [0.717, 1.165) is 11.1 Å². The van der Waals surface area contributed by atoms with Crippen LogP contribution in [0.1, 0.15) is 17.2 Å². The highest BCUT2D eigenvalue weighted by Gasteiger charge is 2.46. The van der Waals surface area contributed by atoms with Gasteiger partial charge in [-0.3, -0.25) is 4.84 Å². The second-order valence-corrected chi connectivity index (χ2v) is 11.5. The van der Waals surface area contributed by atoms with Gasteiger partial charge in [0.25, 0.3) is 0 Å². The highest BCUT2D eigenvalue weighted by atomic mass is 32.2. The van der Waals surface area contributed by atoms with Gasteiger partial charge in [0.05, 0.1) is 25.4 Å². The number of hydrogen-bond acceptors (Lipinski definition) is 7. The molecular formula is C28H32FN3O5S. The number of hydrogen-bond donors (Lipinski definition) is 0. The van der Waals surface area contributed by atoms with Gasteiger partial charge in [0.15, 0.2) is 11.5 Å². The van der Waals surface area contributed by atoms with Gasteiger partial charge in [-0.05, 0) is 35.4 Å². The van der Waals surface area contributed by atoms with Crippen LogP contribution in [0.4, 0.5) is 10.1 Å². The van der Waals surface area contributed by atoms with Gasteiger partial charge in [-0.1, -0.05) is 48.5 Å². The number of benzene rings is 3. The smallest absolute Gasteiger partial charge is 0.221 e. The molecule has 2 saturated heterocycles. The number of para-hydroxylation sites is 1. The van der Waals surface area contributed by atoms with Crippen LogP contribution >= 0.6 is 0 Å². The third kappa shape index (κ3) is 5.35. The fourth-order valence-corrected chi connectivity index (χ4v) is 7.02. The predicted octanol–water partition coefficient (Wildman–Crippen LogP) is 3.85. The third-order valence-electron chi connectivity index (χ3n) is 7.13. The summed E-state index contributed by atoms with van der Waals surface area (Å²) < 4.78 is 54.9. The summed E-state index contributed by atoms with van der Waals surface area (Å²) in [5.74, 6) is 0.790. The normalized spacial score (nSPS) is 21.0. The van der Waals surface area contributed by atoms with Crippen molar-refractivity contribution in [3.8, 4) is 11.5 Å². The number of hydroxylamine groups is 2. The van der Waals surface area contributed by atoms with E-state index in [1.165, 1.54) is 10.4 Å². The molecule has 2 aliphatic rings. The van der Waals surface area contributed by atoms with Crippen molar-refractivity contribution in [3.63, 3.8) is 0 Å². The second-order valence-electron chi connectivity index (χ2n) is 9.39. The first-order valence-electron chi connectivity index (χ1n) is 12.6. The van der Waals surface area contributed by atoms with Gasteiger partial charge >= 0.3 is 0 Å². The fourth-order valence-electron chi connectivity index (χ4n) is 5.08. The van der Waals surface area contributed by atoms with E-state index in [4.69, 9.17) is 14.3 Å². The fraction of sp³-hybridized carbons (Fsp3) is 0.357. The van der Waals surface area contributed by atoms with Crippen molar-refractivity contribution >= 4 is 15.7 Å². The highest BCUT2D eigenvalue weighted by Crippen LogP contribution is 2.39. The van der Waals surface area contributed by atoms with Gasteiger partial charge < -0.3 is 14.4 Å². The van der Waals surface area contributed by atoms with Crippen LogP contribution in [0, 0.1) is 5.82 Å². The van der Waals surface area contributed by atoms with Crippen molar-refractivity contribution in [1.82, 2.24) is 9.37 Å². The largest absolute Gasteiger partial charge is 0.493 e. The summed E-state index contributed by atoms with van der Waals surface area (Å²) in [6, 6.07) is 21.3. The van der Waals surface area contributed by atoms with E-state index in [2.05, 4.69) is 0 Å². The van der Waals surface area contributed by atoms with Crippen molar-refractivity contribution in [1.29, 1.82) is 0 Å². The van der Waals surface area contributed by atoms with Crippen LogP contribution in [0.15, 0.2) is 72.8 Å². The molecule has 3 aromatic rings. The Morgan fingerprint density at radius 2 is 1.66 bits per heavy atom. The van der Waals surface area contributed by atoms with Gasteiger partial charge in [0.1, 0.15) is 17.7 Å². The molecule has 0 radical (unpaired) electrons. The number of anilines is 1. The minimum Gasteiger partial charge on any atom is -0.493 e. The lowest BCUT2D eigenvalue weighted by Crippen LogP contribution is -2.52. The molecule has 2 atom stereocenters. The van der Waals surface area contributed by atoms with Crippen LogP contribution in [0.25, 0.3) is 0 Å². The predicted molar refractivity (Wildman–Crippen MR) is 143 cm³/mol. The summed E-state index contributed by atoms with van der Waals surface area (Å²) in [5, 5.41) is 0.796. The maximum Gasteiger partial charge on any atom is 0.221 e. The standard InChI is InChI=1S/C28H32FN3O5S/c1-30-28(22-12-13-25(26(18-22)35-2)36-19-21-8-4-3-5-9-21)27(20-37-30)38(33,34)32-16-14-31(15-17-32)24-11-7-6-10-23(24)29/h3-13,18,27-28H,14-17,19-20H2,1-2H3. The molecule has 2 unspecified atom stereocenters. The average Bonchev–Trinajstić information content (AvgIpc) is 3.35. The first kappa shape index (κ1) is 26.4. The molecule has 0 amide bonds. The zero-order chi connectivity index (χ0) is 26.7. The second kappa shape index (κ2) is 11.3. The van der Waals surface area contributed by atoms with Gasteiger partial charge in [-0.15, -0.1) is 0 Å². The van der Waals surface area contributed by atoms with Crippen LogP contribution in [-0.2, 0) is 21.5 Å². The Balaban J connectivity index is 1.31. The maximum absolute atomic E-state index is 14.2. The van der Waals surface area contributed by atoms with Crippen molar-refractivity contribution in [2.45, 2.75) is 17.9 Å². The van der Waals surface area contributed by atoms with Gasteiger partial charge in [0, 0.05) is 33.2 Å². The molecule has 0 N–H and O–H groups in total. The Morgan fingerprint density at radius 1 is 0.947 bits per heavy atom. The van der Waals surface area contributed by atoms with Gasteiger partial charge in [0.2, 0.25) is 10.0 Å². The molecule has 0 spiro atoms. The number of piperazine rings is 1. The topological polar surface area (TPSA) is 71.6 Å². The Bertz CT molecular complexity index is 1350. The monoisotopic (exact) mass is 541 g/mol. The average molecular weight is 542 g/mol. The summed E-state index contributed by atoms with van der Waals surface area (Å²) >= 11 is 0. The highest BCUT2D eigenvalue weighted by molar-refractivity contribution is 7.89. The molecule has 0 saturated carbocycles. The molecule has 5 rings (SSSR count). The van der Waals surface area contributed by atoms with Crippen LogP contribution in [0.2, 0.25) is 0 Å². The molecule has 10 heteroatoms. The molecule has 38 heavy (non-hydrogen) atoms. The number of ether oxygens (including phenoxy) is 2. The van der Waals surface area contributed by atoms with Crippen LogP contribution in [0.3, 0.4) is 0 Å². The number of rotatable bonds is 8. The summed E-state index contributed by atoms with van der Waals surface area (Å²) in [4.78, 5) is 7.60. The number of sulfonamides is 1. The number of methoxy groups -OCH3 is 1. The van der Waals surface area contributed by atoms with E-state index in [0.29, 0.717) is 36.9 Å². The van der Waals surface area contributed by atoms with Crippen LogP contribution in [-0.4, -0.2) is 70.0 Å². The van der Waals surface area contributed by atoms with Crippen molar-refractivity contribution in [2.24, 2.45) is 0 Å². The van der Waals surface area contributed by atoms with E-state index in [-0.39, 0.29) is 25.5 Å². The van der Waals surface area contributed by atoms with E-state index in [1.54, 1.807) is 43.5 Å². The van der Waals surface area contributed by atoms with E-state index < -0.39 is 21.3 Å². The minimum absolute atomic E-state index is 0.0472. The van der Waals surface area contributed by atoms with Gasteiger partial charge in [-0.25, -0.2) is 12.8 Å². The molecule has 3 aromatic carbocycles. The zero-order valence-corrected chi connectivity index (χ0v) is 22.3. The zero-order valence-electron chi connectivity index (χ0n) is 21.5. The summed E-state index contributed by atoms with van der Waals surface area (Å²) in [5.41, 5.74) is 2.28. The molecule has 202 valence electrons. The van der Waals surface area contributed by atoms with Crippen LogP contribution in [0.5, 0.6) is 11.5 Å². The number of nitrogens with zero attached hydrogens (tertiary/aromatic N) is 3. The van der Waals surface area contributed by atoms with Crippen molar-refractivity contribution in [3.05, 3.63) is 89.7 Å². The SMILES string of the molecule is COc1cc(C2C(S(=O)(=O)N3CCN(c4ccccc4F)CC3)CON2C)ccc1OCc1ccccc1. The molecular weight excluding hydrogens is 509 g/mol. The Hall–Kier alpha value is -3.18. The Morgan fingerprint density at radius 3 is 2.37 bits per heavy atom. The third-order valence-corrected chi connectivity index (χ3v) is 9.37. The molecule has 8 nitrogen and oxygen atoms in total. The molecule has 0 aromatic heterocycles.